The van der Waals surface area contributed by atoms with E-state index in [1.54, 1.807) is 29.6 Å². The van der Waals surface area contributed by atoms with Gasteiger partial charge in [-0.25, -0.2) is 16.8 Å². The largest absolute Gasteiger partial charge is 0.270 e. The van der Waals surface area contributed by atoms with Crippen molar-refractivity contribution >= 4 is 50.8 Å². The van der Waals surface area contributed by atoms with E-state index in [0.717, 1.165) is 11.3 Å². The van der Waals surface area contributed by atoms with Gasteiger partial charge in [0.2, 0.25) is 0 Å². The summed E-state index contributed by atoms with van der Waals surface area (Å²) in [7, 11) is 3.01. The number of hydrogen-bond donors (Lipinski definition) is 0. The molecular weight excluding hydrogens is 363 g/mol. The highest BCUT2D eigenvalue weighted by Gasteiger charge is 2.08. The van der Waals surface area contributed by atoms with Crippen molar-refractivity contribution in [3.05, 3.63) is 47.8 Å². The third-order valence-corrected chi connectivity index (χ3v) is 6.13. The minimum absolute atomic E-state index is 0. The zero-order chi connectivity index (χ0) is 14.5. The van der Waals surface area contributed by atoms with Gasteiger partial charge in [0.1, 0.15) is 4.21 Å². The fourth-order valence-electron chi connectivity index (χ4n) is 0.985. The molecule has 0 atom stereocenters. The zero-order valence-corrected chi connectivity index (χ0v) is 13.2. The van der Waals surface area contributed by atoms with Gasteiger partial charge < -0.3 is 0 Å². The molecule has 2 aromatic rings. The van der Waals surface area contributed by atoms with Crippen LogP contribution >= 0.6 is 32.7 Å². The molecule has 2 rings (SSSR count). The molecule has 1 aromatic heterocycles. The third-order valence-electron chi connectivity index (χ3n) is 1.76. The fraction of sp³-hybridized carbons (Fsp3) is 0.0909. The first-order valence-corrected chi connectivity index (χ1v) is 10.2. The summed E-state index contributed by atoms with van der Waals surface area (Å²) < 4.78 is 42.3. The predicted molar refractivity (Wildman–Crippen MR) is 83.6 cm³/mol. The van der Waals surface area contributed by atoms with E-state index in [-0.39, 0.29) is 16.5 Å². The first-order valence-electron chi connectivity index (χ1n) is 4.69. The topological polar surface area (TPSA) is 68.3 Å². The molecule has 0 N–H and O–H groups in total. The Morgan fingerprint density at radius 1 is 0.800 bits per heavy atom. The number of halogens is 2. The standard InChI is InChI=1S/C6H5ClO2S.C4H3ClO2S2.CH4/c7-10(8,9)6-4-2-1-3-5-6;5-9(6,7)4-2-1-3-8-4;/h1-5H;1-3H;1H4. The molecule has 4 nitrogen and oxygen atoms in total. The molecule has 0 aliphatic rings. The van der Waals surface area contributed by atoms with E-state index >= 15 is 0 Å². The van der Waals surface area contributed by atoms with Gasteiger partial charge in [-0.3, -0.25) is 0 Å². The number of hydrogen-bond acceptors (Lipinski definition) is 5. The van der Waals surface area contributed by atoms with Crippen molar-refractivity contribution in [2.45, 2.75) is 16.5 Å². The summed E-state index contributed by atoms with van der Waals surface area (Å²) in [5, 5.41) is 1.66. The Bertz CT molecular complexity index is 708. The molecule has 0 fully saturated rings. The second-order valence-corrected chi connectivity index (χ2v) is 9.43. The van der Waals surface area contributed by atoms with Crippen molar-refractivity contribution < 1.29 is 16.8 Å². The molecule has 1 heterocycles. The summed E-state index contributed by atoms with van der Waals surface area (Å²) in [6, 6.07) is 11.0. The van der Waals surface area contributed by atoms with E-state index in [4.69, 9.17) is 21.4 Å². The van der Waals surface area contributed by atoms with Gasteiger partial charge in [-0.05, 0) is 23.6 Å². The third kappa shape index (κ3) is 6.71. The lowest BCUT2D eigenvalue weighted by Crippen LogP contribution is -1.87. The highest BCUT2D eigenvalue weighted by Crippen LogP contribution is 2.19. The molecular formula is C11H12Cl2O4S3. The molecule has 112 valence electrons. The van der Waals surface area contributed by atoms with Gasteiger partial charge in [0.15, 0.2) is 0 Å². The minimum atomic E-state index is -3.53. The van der Waals surface area contributed by atoms with Gasteiger partial charge in [-0.15, -0.1) is 11.3 Å². The maximum absolute atomic E-state index is 10.6. The SMILES string of the molecule is C.O=S(=O)(Cl)c1ccccc1.O=S(=O)(Cl)c1cccs1. The van der Waals surface area contributed by atoms with Crippen LogP contribution in [-0.2, 0) is 18.1 Å². The Hall–Kier alpha value is -0.600. The highest BCUT2D eigenvalue weighted by atomic mass is 35.7. The molecule has 0 unspecified atom stereocenters. The van der Waals surface area contributed by atoms with Crippen LogP contribution in [0.25, 0.3) is 0 Å². The molecule has 9 heteroatoms. The second-order valence-electron chi connectivity index (χ2n) is 3.12. The molecule has 0 saturated carbocycles. The average Bonchev–Trinajstić information content (AvgIpc) is 2.83. The molecule has 0 aliphatic carbocycles. The number of thiophene rings is 1. The molecule has 1 aromatic carbocycles. The van der Waals surface area contributed by atoms with Gasteiger partial charge in [0.05, 0.1) is 4.90 Å². The summed E-state index contributed by atoms with van der Waals surface area (Å²) >= 11 is 1.11. The highest BCUT2D eigenvalue weighted by molar-refractivity contribution is 8.15. The second kappa shape index (κ2) is 7.99. The maximum Gasteiger partial charge on any atom is 0.270 e. The van der Waals surface area contributed by atoms with Crippen LogP contribution in [0.1, 0.15) is 7.43 Å². The van der Waals surface area contributed by atoms with Crippen LogP contribution in [0.5, 0.6) is 0 Å². The summed E-state index contributed by atoms with van der Waals surface area (Å²) in [6.07, 6.45) is 0. The van der Waals surface area contributed by atoms with Crippen LogP contribution < -0.4 is 0 Å². The van der Waals surface area contributed by atoms with E-state index in [1.165, 1.54) is 18.2 Å². The molecule has 0 aliphatic heterocycles. The molecule has 20 heavy (non-hydrogen) atoms. The summed E-state index contributed by atoms with van der Waals surface area (Å²) in [5.74, 6) is 0. The van der Waals surface area contributed by atoms with Crippen LogP contribution in [0.15, 0.2) is 56.9 Å². The van der Waals surface area contributed by atoms with Gasteiger partial charge in [0.25, 0.3) is 18.1 Å². The fourth-order valence-corrected chi connectivity index (χ4v) is 3.57. The minimum Gasteiger partial charge on any atom is -0.207 e. The van der Waals surface area contributed by atoms with Crippen molar-refractivity contribution in [2.75, 3.05) is 0 Å². The Labute approximate surface area is 131 Å². The van der Waals surface area contributed by atoms with E-state index in [0.29, 0.717) is 0 Å². The lowest BCUT2D eigenvalue weighted by Gasteiger charge is -1.91. The summed E-state index contributed by atoms with van der Waals surface area (Å²) in [6.45, 7) is 0. The van der Waals surface area contributed by atoms with Crippen molar-refractivity contribution in [3.63, 3.8) is 0 Å². The van der Waals surface area contributed by atoms with Crippen LogP contribution in [0.2, 0.25) is 0 Å². The molecule has 0 spiro atoms. The quantitative estimate of drug-likeness (QED) is 0.746. The van der Waals surface area contributed by atoms with Crippen LogP contribution in [-0.4, -0.2) is 16.8 Å². The Morgan fingerprint density at radius 2 is 1.35 bits per heavy atom. The van der Waals surface area contributed by atoms with Crippen LogP contribution in [0.3, 0.4) is 0 Å². The summed E-state index contributed by atoms with van der Waals surface area (Å²) in [4.78, 5) is 0.136. The average molecular weight is 375 g/mol. The summed E-state index contributed by atoms with van der Waals surface area (Å²) in [5.41, 5.74) is 0. The Balaban J connectivity index is 0.000000345. The molecule has 0 bridgehead atoms. The van der Waals surface area contributed by atoms with Gasteiger partial charge >= 0.3 is 0 Å². The molecule has 0 amide bonds. The van der Waals surface area contributed by atoms with Gasteiger partial charge in [-0.1, -0.05) is 31.7 Å². The Kier molecular flexibility index (Phi) is 7.75. The smallest absolute Gasteiger partial charge is 0.207 e. The van der Waals surface area contributed by atoms with Crippen molar-refractivity contribution in [2.24, 2.45) is 0 Å². The van der Waals surface area contributed by atoms with Gasteiger partial charge in [-0.2, -0.15) is 0 Å². The number of rotatable bonds is 2. The first kappa shape index (κ1) is 19.4. The van der Waals surface area contributed by atoms with E-state index in [9.17, 15) is 16.8 Å². The normalized spacial score (nSPS) is 10.9. The molecule has 0 saturated heterocycles. The Morgan fingerprint density at radius 3 is 1.60 bits per heavy atom. The monoisotopic (exact) mass is 374 g/mol. The van der Waals surface area contributed by atoms with Crippen LogP contribution in [0.4, 0.5) is 0 Å². The lowest BCUT2D eigenvalue weighted by molar-refractivity contribution is 0.608. The first-order chi connectivity index (χ1) is 8.71. The van der Waals surface area contributed by atoms with Crippen molar-refractivity contribution in [3.8, 4) is 0 Å². The van der Waals surface area contributed by atoms with Crippen molar-refractivity contribution in [1.82, 2.24) is 0 Å². The van der Waals surface area contributed by atoms with Crippen LogP contribution in [0, 0.1) is 0 Å². The van der Waals surface area contributed by atoms with E-state index in [2.05, 4.69) is 0 Å². The van der Waals surface area contributed by atoms with Crippen molar-refractivity contribution in [1.29, 1.82) is 0 Å². The predicted octanol–water partition coefficient (Wildman–Crippen LogP) is 3.93. The van der Waals surface area contributed by atoms with Gasteiger partial charge in [0, 0.05) is 21.4 Å². The maximum atomic E-state index is 10.6. The van der Waals surface area contributed by atoms with E-state index < -0.39 is 18.1 Å². The number of benzene rings is 1. The lowest BCUT2D eigenvalue weighted by atomic mass is 10.4. The molecule has 0 radical (unpaired) electrons. The van der Waals surface area contributed by atoms with E-state index in [1.807, 2.05) is 0 Å². The zero-order valence-electron chi connectivity index (χ0n) is 9.23.